The maximum atomic E-state index is 14.3. The van der Waals surface area contributed by atoms with Crippen molar-refractivity contribution < 1.29 is 22.7 Å². The second-order valence-electron chi connectivity index (χ2n) is 10.5. The molecule has 8 nitrogen and oxygen atoms in total. The topological polar surface area (TPSA) is 96.0 Å². The Morgan fingerprint density at radius 1 is 1.02 bits per heavy atom. The Labute approximate surface area is 253 Å². The first-order valence-corrected chi connectivity index (χ1v) is 16.0. The monoisotopic (exact) mass is 611 g/mol. The van der Waals surface area contributed by atoms with Gasteiger partial charge in [-0.3, -0.25) is 13.9 Å². The molecule has 42 heavy (non-hydrogen) atoms. The minimum atomic E-state index is -4.15. The van der Waals surface area contributed by atoms with E-state index in [0.29, 0.717) is 28.4 Å². The minimum absolute atomic E-state index is 0.0533. The number of anilines is 1. The molecule has 0 spiro atoms. The van der Waals surface area contributed by atoms with E-state index in [0.717, 1.165) is 35.6 Å². The van der Waals surface area contributed by atoms with Crippen LogP contribution in [0, 0.1) is 6.92 Å². The van der Waals surface area contributed by atoms with E-state index in [4.69, 9.17) is 16.3 Å². The van der Waals surface area contributed by atoms with Crippen molar-refractivity contribution in [1.29, 1.82) is 0 Å². The molecule has 1 atom stereocenters. The molecule has 0 bridgehead atoms. The fraction of sp³-hybridized carbons (Fsp3) is 0.375. The van der Waals surface area contributed by atoms with Crippen LogP contribution in [0.15, 0.2) is 77.7 Å². The van der Waals surface area contributed by atoms with Crippen molar-refractivity contribution in [1.82, 2.24) is 10.2 Å². The van der Waals surface area contributed by atoms with Gasteiger partial charge in [0.25, 0.3) is 10.0 Å². The third-order valence-electron chi connectivity index (χ3n) is 7.61. The molecule has 10 heteroatoms. The summed E-state index contributed by atoms with van der Waals surface area (Å²) in [4.78, 5) is 29.4. The zero-order valence-corrected chi connectivity index (χ0v) is 25.8. The Kier molecular flexibility index (Phi) is 10.5. The van der Waals surface area contributed by atoms with Gasteiger partial charge in [-0.15, -0.1) is 0 Å². The Bertz CT molecular complexity index is 1490. The van der Waals surface area contributed by atoms with Gasteiger partial charge < -0.3 is 15.0 Å². The van der Waals surface area contributed by atoms with Gasteiger partial charge in [0.1, 0.15) is 18.3 Å². The Balaban J connectivity index is 1.74. The predicted octanol–water partition coefficient (Wildman–Crippen LogP) is 5.72. The Hall–Kier alpha value is -3.56. The smallest absolute Gasteiger partial charge is 0.264 e. The quantitative estimate of drug-likeness (QED) is 0.283. The molecule has 0 saturated heterocycles. The molecule has 1 aliphatic carbocycles. The van der Waals surface area contributed by atoms with Gasteiger partial charge >= 0.3 is 0 Å². The lowest BCUT2D eigenvalue weighted by molar-refractivity contribution is -0.140. The third kappa shape index (κ3) is 7.44. The fourth-order valence-electron chi connectivity index (χ4n) is 5.39. The molecule has 0 unspecified atom stereocenters. The number of aryl methyl sites for hydroxylation is 1. The first-order valence-electron chi connectivity index (χ1n) is 14.2. The molecular formula is C32H38ClN3O5S. The largest absolute Gasteiger partial charge is 0.497 e. The van der Waals surface area contributed by atoms with Crippen LogP contribution in [-0.4, -0.2) is 50.9 Å². The van der Waals surface area contributed by atoms with Crippen molar-refractivity contribution in [2.45, 2.75) is 69.5 Å². The maximum absolute atomic E-state index is 14.3. The van der Waals surface area contributed by atoms with Crippen LogP contribution >= 0.6 is 11.6 Å². The number of hydrogen-bond donors (Lipinski definition) is 1. The molecule has 1 aliphatic rings. The molecule has 0 aromatic heterocycles. The Morgan fingerprint density at radius 2 is 1.74 bits per heavy atom. The molecular weight excluding hydrogens is 574 g/mol. The summed E-state index contributed by atoms with van der Waals surface area (Å²) in [7, 11) is -2.59. The molecule has 2 amide bonds. The second kappa shape index (κ2) is 14.1. The number of nitrogens with zero attached hydrogens (tertiary/aromatic N) is 2. The lowest BCUT2D eigenvalue weighted by Gasteiger charge is -2.34. The lowest BCUT2D eigenvalue weighted by atomic mass is 10.1. The van der Waals surface area contributed by atoms with Crippen LogP contribution in [0.1, 0.15) is 50.2 Å². The Morgan fingerprint density at radius 3 is 2.38 bits per heavy atom. The summed E-state index contributed by atoms with van der Waals surface area (Å²) in [5.74, 6) is -0.116. The molecule has 0 heterocycles. The van der Waals surface area contributed by atoms with Crippen molar-refractivity contribution in [3.05, 3.63) is 88.9 Å². The molecule has 1 N–H and O–H groups in total. The fourth-order valence-corrected chi connectivity index (χ4v) is 7.11. The number of rotatable bonds is 12. The van der Waals surface area contributed by atoms with E-state index in [9.17, 15) is 18.0 Å². The number of amides is 2. The van der Waals surface area contributed by atoms with Gasteiger partial charge in [0.05, 0.1) is 17.7 Å². The molecule has 224 valence electrons. The molecule has 0 aliphatic heterocycles. The normalized spacial score (nSPS) is 14.3. The number of methoxy groups -OCH3 is 1. The number of hydrogen-bond acceptors (Lipinski definition) is 5. The van der Waals surface area contributed by atoms with Crippen molar-refractivity contribution in [2.24, 2.45) is 0 Å². The van der Waals surface area contributed by atoms with E-state index >= 15 is 0 Å². The first kappa shape index (κ1) is 31.4. The summed E-state index contributed by atoms with van der Waals surface area (Å²) in [6, 6.07) is 19.4. The highest BCUT2D eigenvalue weighted by Crippen LogP contribution is 2.30. The van der Waals surface area contributed by atoms with Crippen molar-refractivity contribution in [3.63, 3.8) is 0 Å². The average molecular weight is 612 g/mol. The van der Waals surface area contributed by atoms with Crippen LogP contribution in [0.2, 0.25) is 5.02 Å². The number of benzene rings is 3. The summed E-state index contributed by atoms with van der Waals surface area (Å²) in [5, 5.41) is 3.58. The van der Waals surface area contributed by atoms with Crippen LogP contribution in [0.3, 0.4) is 0 Å². The average Bonchev–Trinajstić information content (AvgIpc) is 3.49. The summed E-state index contributed by atoms with van der Waals surface area (Å²) in [6.45, 7) is 3.20. The maximum Gasteiger partial charge on any atom is 0.264 e. The molecule has 0 radical (unpaired) electrons. The third-order valence-corrected chi connectivity index (χ3v) is 9.62. The zero-order valence-electron chi connectivity index (χ0n) is 24.3. The van der Waals surface area contributed by atoms with Gasteiger partial charge in [0.2, 0.25) is 11.8 Å². The summed E-state index contributed by atoms with van der Waals surface area (Å²) in [6.07, 6.45) is 4.29. The molecule has 1 saturated carbocycles. The van der Waals surface area contributed by atoms with E-state index in [1.54, 1.807) is 56.5 Å². The number of nitrogens with one attached hydrogen (secondary N) is 1. The number of sulfonamides is 1. The van der Waals surface area contributed by atoms with Crippen LogP contribution in [0.5, 0.6) is 5.75 Å². The van der Waals surface area contributed by atoms with Crippen molar-refractivity contribution in [2.75, 3.05) is 18.0 Å². The first-order chi connectivity index (χ1) is 20.1. The summed E-state index contributed by atoms with van der Waals surface area (Å²) in [5.41, 5.74) is 1.69. The van der Waals surface area contributed by atoms with E-state index in [1.807, 2.05) is 25.1 Å². The number of carbonyl (C=O) groups excluding carboxylic acids is 2. The minimum Gasteiger partial charge on any atom is -0.497 e. The standard InChI is InChI=1S/C32H38ClN3O5S/c1-4-29(32(38)34-26-12-8-9-13-26)35(21-24-11-10-14-27(20-24)41-3)31(37)22-36(30-18-17-25(33)19-23(30)2)42(39,40)28-15-6-5-7-16-28/h5-7,10-11,14-20,26,29H,4,8-9,12-13,21-22H2,1-3H3,(H,34,38)/t29-/m0/s1. The zero-order chi connectivity index (χ0) is 30.3. The SMILES string of the molecule is CC[C@@H](C(=O)NC1CCCC1)N(Cc1cccc(OC)c1)C(=O)CN(c1ccc(Cl)cc1C)S(=O)(=O)c1ccccc1. The second-order valence-corrected chi connectivity index (χ2v) is 12.8. The lowest BCUT2D eigenvalue weighted by Crippen LogP contribution is -2.53. The van der Waals surface area contributed by atoms with Gasteiger partial charge in [-0.25, -0.2) is 8.42 Å². The van der Waals surface area contributed by atoms with Crippen molar-refractivity contribution in [3.8, 4) is 5.75 Å². The predicted molar refractivity (Wildman–Crippen MR) is 165 cm³/mol. The number of carbonyl (C=O) groups is 2. The highest BCUT2D eigenvalue weighted by molar-refractivity contribution is 7.92. The van der Waals surface area contributed by atoms with Crippen LogP contribution < -0.4 is 14.4 Å². The number of ether oxygens (including phenoxy) is 1. The molecule has 3 aromatic rings. The van der Waals surface area contributed by atoms with E-state index in [1.165, 1.54) is 17.0 Å². The highest BCUT2D eigenvalue weighted by atomic mass is 35.5. The van der Waals surface area contributed by atoms with Gasteiger partial charge in [-0.2, -0.15) is 0 Å². The van der Waals surface area contributed by atoms with Crippen LogP contribution in [0.4, 0.5) is 5.69 Å². The van der Waals surface area contributed by atoms with Crippen LogP contribution in [-0.2, 0) is 26.2 Å². The van der Waals surface area contributed by atoms with Gasteiger partial charge in [0, 0.05) is 17.6 Å². The molecule has 4 rings (SSSR count). The molecule has 1 fully saturated rings. The van der Waals surface area contributed by atoms with E-state index in [2.05, 4.69) is 5.32 Å². The van der Waals surface area contributed by atoms with Crippen LogP contribution in [0.25, 0.3) is 0 Å². The van der Waals surface area contributed by atoms with Gasteiger partial charge in [-0.05, 0) is 79.8 Å². The summed E-state index contributed by atoms with van der Waals surface area (Å²) < 4.78 is 34.5. The molecule has 3 aromatic carbocycles. The van der Waals surface area contributed by atoms with Crippen molar-refractivity contribution >= 4 is 39.1 Å². The highest BCUT2D eigenvalue weighted by Gasteiger charge is 2.35. The number of halogens is 1. The van der Waals surface area contributed by atoms with E-state index in [-0.39, 0.29) is 23.4 Å². The summed E-state index contributed by atoms with van der Waals surface area (Å²) >= 11 is 6.19. The van der Waals surface area contributed by atoms with Gasteiger partial charge in [-0.1, -0.05) is 61.7 Å². The van der Waals surface area contributed by atoms with E-state index < -0.39 is 28.5 Å². The van der Waals surface area contributed by atoms with Gasteiger partial charge in [0.15, 0.2) is 0 Å².